The van der Waals surface area contributed by atoms with Crippen LogP contribution in [-0.4, -0.2) is 13.3 Å². The van der Waals surface area contributed by atoms with Gasteiger partial charge in [0.2, 0.25) is 0 Å². The summed E-state index contributed by atoms with van der Waals surface area (Å²) in [5.41, 5.74) is 0. The zero-order valence-corrected chi connectivity index (χ0v) is 9.10. The molecule has 0 aromatic heterocycles. The minimum Gasteiger partial charge on any atom is -0.511 e. The SMILES string of the molecule is IC[SiH]1Oc2ccccc2O1. The van der Waals surface area contributed by atoms with Gasteiger partial charge in [0.1, 0.15) is 11.5 Å². The van der Waals surface area contributed by atoms with Crippen molar-refractivity contribution in [1.29, 1.82) is 0 Å². The second-order valence-electron chi connectivity index (χ2n) is 2.27. The molecule has 0 fully saturated rings. The molecule has 1 aliphatic rings. The van der Waals surface area contributed by atoms with Crippen LogP contribution in [0, 0.1) is 0 Å². The minimum absolute atomic E-state index is 0.917. The summed E-state index contributed by atoms with van der Waals surface area (Å²) in [4.78, 5) is 0. The molecule has 1 aliphatic heterocycles. The van der Waals surface area contributed by atoms with Crippen molar-refractivity contribution in [3.63, 3.8) is 0 Å². The normalized spacial score (nSPS) is 15.4. The van der Waals surface area contributed by atoms with Gasteiger partial charge in [0.05, 0.1) is 4.05 Å². The van der Waals surface area contributed by atoms with Crippen LogP contribution in [0.4, 0.5) is 0 Å². The molecule has 0 radical (unpaired) electrons. The summed E-state index contributed by atoms with van der Waals surface area (Å²) >= 11 is 2.30. The summed E-state index contributed by atoms with van der Waals surface area (Å²) in [5, 5.41) is 0. The highest BCUT2D eigenvalue weighted by atomic mass is 127. The van der Waals surface area contributed by atoms with Crippen LogP contribution in [0.5, 0.6) is 11.5 Å². The lowest BCUT2D eigenvalue weighted by Crippen LogP contribution is -2.26. The summed E-state index contributed by atoms with van der Waals surface area (Å²) in [6.45, 7) is 0. The Balaban J connectivity index is 2.27. The Kier molecular flexibility index (Phi) is 2.04. The summed E-state index contributed by atoms with van der Waals surface area (Å²) in [6, 6.07) is 7.83. The highest BCUT2D eigenvalue weighted by molar-refractivity contribution is 14.1. The first kappa shape index (κ1) is 7.42. The van der Waals surface area contributed by atoms with Crippen molar-refractivity contribution in [1.82, 2.24) is 0 Å². The van der Waals surface area contributed by atoms with Crippen LogP contribution >= 0.6 is 22.6 Å². The third-order valence-electron chi connectivity index (χ3n) is 1.49. The maximum atomic E-state index is 5.57. The predicted molar refractivity (Wildman–Crippen MR) is 53.7 cm³/mol. The Morgan fingerprint density at radius 1 is 1.18 bits per heavy atom. The van der Waals surface area contributed by atoms with Gasteiger partial charge in [0.25, 0.3) is 0 Å². The maximum Gasteiger partial charge on any atom is 0.454 e. The first-order valence-electron chi connectivity index (χ1n) is 3.38. The third-order valence-corrected chi connectivity index (χ3v) is 4.94. The van der Waals surface area contributed by atoms with Crippen LogP contribution in [0.25, 0.3) is 0 Å². The molecule has 0 aliphatic carbocycles. The van der Waals surface area contributed by atoms with Gasteiger partial charge in [-0.2, -0.15) is 0 Å². The van der Waals surface area contributed by atoms with Crippen molar-refractivity contribution in [3.8, 4) is 11.5 Å². The van der Waals surface area contributed by atoms with Gasteiger partial charge in [-0.3, -0.25) is 0 Å². The lowest BCUT2D eigenvalue weighted by molar-refractivity contribution is 0.509. The molecule has 0 saturated heterocycles. The summed E-state index contributed by atoms with van der Waals surface area (Å²) in [5.74, 6) is 1.83. The number of hydrogen-bond acceptors (Lipinski definition) is 2. The molecule has 0 atom stereocenters. The second kappa shape index (κ2) is 3.02. The van der Waals surface area contributed by atoms with Crippen molar-refractivity contribution in [2.75, 3.05) is 4.05 Å². The van der Waals surface area contributed by atoms with Gasteiger partial charge in [-0.15, -0.1) is 0 Å². The predicted octanol–water partition coefficient (Wildman–Crippen LogP) is 1.65. The average molecular weight is 278 g/mol. The van der Waals surface area contributed by atoms with Crippen LogP contribution in [0.3, 0.4) is 0 Å². The Morgan fingerprint density at radius 3 is 2.18 bits per heavy atom. The average Bonchev–Trinajstić information content (AvgIpc) is 2.46. The van der Waals surface area contributed by atoms with Crippen LogP contribution in [0.15, 0.2) is 24.3 Å². The Labute approximate surface area is 80.5 Å². The maximum absolute atomic E-state index is 5.57. The van der Waals surface area contributed by atoms with Crippen LogP contribution < -0.4 is 8.85 Å². The van der Waals surface area contributed by atoms with E-state index in [0.29, 0.717) is 0 Å². The molecule has 11 heavy (non-hydrogen) atoms. The summed E-state index contributed by atoms with van der Waals surface area (Å²) in [6.07, 6.45) is 0. The molecule has 0 bridgehead atoms. The number of fused-ring (bicyclic) bond motifs is 1. The van der Waals surface area contributed by atoms with Crippen LogP contribution in [0.1, 0.15) is 0 Å². The molecule has 58 valence electrons. The van der Waals surface area contributed by atoms with E-state index in [4.69, 9.17) is 8.85 Å². The number of benzene rings is 1. The second-order valence-corrected chi connectivity index (χ2v) is 6.55. The van der Waals surface area contributed by atoms with Crippen molar-refractivity contribution < 1.29 is 8.85 Å². The zero-order chi connectivity index (χ0) is 7.68. The van der Waals surface area contributed by atoms with E-state index < -0.39 is 9.28 Å². The van der Waals surface area contributed by atoms with E-state index in [0.717, 1.165) is 15.5 Å². The van der Waals surface area contributed by atoms with Crippen molar-refractivity contribution in [2.45, 2.75) is 0 Å². The van der Waals surface area contributed by atoms with Gasteiger partial charge in [0, 0.05) is 0 Å². The quantitative estimate of drug-likeness (QED) is 0.442. The van der Waals surface area contributed by atoms with E-state index in [1.165, 1.54) is 0 Å². The molecule has 2 nitrogen and oxygen atoms in total. The fraction of sp³-hybridized carbons (Fsp3) is 0.143. The van der Waals surface area contributed by atoms with Gasteiger partial charge in [-0.1, -0.05) is 34.7 Å². The Hall–Kier alpha value is -0.233. The molecule has 0 amide bonds. The minimum atomic E-state index is -1.36. The van der Waals surface area contributed by atoms with E-state index >= 15 is 0 Å². The molecule has 2 rings (SSSR count). The Bertz CT molecular complexity index is 241. The fourth-order valence-corrected chi connectivity index (χ4v) is 3.22. The number of hydrogen-bond donors (Lipinski definition) is 0. The highest BCUT2D eigenvalue weighted by Gasteiger charge is 2.25. The first-order chi connectivity index (χ1) is 5.40. The molecule has 1 aromatic carbocycles. The molecule has 0 N–H and O–H groups in total. The van der Waals surface area contributed by atoms with Gasteiger partial charge >= 0.3 is 9.28 Å². The van der Waals surface area contributed by atoms with E-state index in [9.17, 15) is 0 Å². The third kappa shape index (κ3) is 1.37. The summed E-state index contributed by atoms with van der Waals surface area (Å²) in [7, 11) is -1.36. The topological polar surface area (TPSA) is 18.5 Å². The standard InChI is InChI=1S/C7H7IO2Si/c8-5-11-9-6-3-1-2-4-7(6)10-11/h1-4,11H,5H2. The Morgan fingerprint density at radius 2 is 1.73 bits per heavy atom. The largest absolute Gasteiger partial charge is 0.511 e. The molecule has 4 heteroatoms. The van der Waals surface area contributed by atoms with E-state index in [1.807, 2.05) is 24.3 Å². The molecule has 1 aromatic rings. The van der Waals surface area contributed by atoms with Crippen LogP contribution in [0.2, 0.25) is 0 Å². The number of alkyl halides is 1. The van der Waals surface area contributed by atoms with Crippen LogP contribution in [-0.2, 0) is 0 Å². The van der Waals surface area contributed by atoms with Gasteiger partial charge in [-0.25, -0.2) is 0 Å². The van der Waals surface area contributed by atoms with Gasteiger partial charge in [-0.05, 0) is 12.1 Å². The smallest absolute Gasteiger partial charge is 0.454 e. The lowest BCUT2D eigenvalue weighted by atomic mass is 10.3. The number of halogens is 1. The fourth-order valence-electron chi connectivity index (χ4n) is 1.02. The zero-order valence-electron chi connectivity index (χ0n) is 5.79. The molecular formula is C7H7IO2Si. The van der Waals surface area contributed by atoms with E-state index in [2.05, 4.69) is 22.6 Å². The highest BCUT2D eigenvalue weighted by Crippen LogP contribution is 2.32. The van der Waals surface area contributed by atoms with Gasteiger partial charge < -0.3 is 8.85 Å². The van der Waals surface area contributed by atoms with E-state index in [-0.39, 0.29) is 0 Å². The lowest BCUT2D eigenvalue weighted by Gasteiger charge is -2.00. The number of para-hydroxylation sites is 2. The first-order valence-corrected chi connectivity index (χ1v) is 6.67. The molecular weight excluding hydrogens is 271 g/mol. The van der Waals surface area contributed by atoms with Crippen molar-refractivity contribution in [3.05, 3.63) is 24.3 Å². The number of rotatable bonds is 1. The monoisotopic (exact) mass is 278 g/mol. The summed E-state index contributed by atoms with van der Waals surface area (Å²) < 4.78 is 12.1. The van der Waals surface area contributed by atoms with Crippen molar-refractivity contribution >= 4 is 31.9 Å². The molecule has 1 heterocycles. The van der Waals surface area contributed by atoms with Gasteiger partial charge in [0.15, 0.2) is 0 Å². The van der Waals surface area contributed by atoms with Crippen molar-refractivity contribution in [2.24, 2.45) is 0 Å². The molecule has 0 spiro atoms. The molecule has 0 saturated carbocycles. The molecule has 0 unspecified atom stereocenters. The van der Waals surface area contributed by atoms with E-state index in [1.54, 1.807) is 0 Å².